The molecular formula is C45H62F3N5O9. The summed E-state index contributed by atoms with van der Waals surface area (Å²) in [4.78, 5) is 57.8. The number of benzene rings is 2. The number of rotatable bonds is 15. The Labute approximate surface area is 361 Å². The van der Waals surface area contributed by atoms with E-state index in [9.17, 15) is 37.5 Å². The lowest BCUT2D eigenvalue weighted by Gasteiger charge is -2.47. The van der Waals surface area contributed by atoms with Crippen LogP contribution in [0.3, 0.4) is 0 Å². The van der Waals surface area contributed by atoms with Crippen molar-refractivity contribution in [3.8, 4) is 11.5 Å². The summed E-state index contributed by atoms with van der Waals surface area (Å²) in [5.41, 5.74) is 1.64. The van der Waals surface area contributed by atoms with Gasteiger partial charge in [-0.25, -0.2) is 4.79 Å². The molecule has 0 unspecified atom stereocenters. The van der Waals surface area contributed by atoms with Crippen molar-refractivity contribution in [3.63, 3.8) is 0 Å². The summed E-state index contributed by atoms with van der Waals surface area (Å²) in [6.45, 7) is 8.71. The van der Waals surface area contributed by atoms with Crippen LogP contribution < -0.4 is 10.1 Å². The highest BCUT2D eigenvalue weighted by Gasteiger charge is 2.48. The van der Waals surface area contributed by atoms with E-state index < -0.39 is 29.4 Å². The van der Waals surface area contributed by atoms with Gasteiger partial charge >= 0.3 is 18.2 Å². The Hall–Kier alpha value is -4.61. The number of nitrogens with zero attached hydrogens (tertiary/aromatic N) is 4. The number of fused-ring (bicyclic) bond motifs is 1. The van der Waals surface area contributed by atoms with E-state index in [1.807, 2.05) is 23.1 Å². The number of morpholine rings is 1. The predicted molar refractivity (Wildman–Crippen MR) is 224 cm³/mol. The first-order chi connectivity index (χ1) is 29.5. The molecule has 2 N–H and O–H groups in total. The van der Waals surface area contributed by atoms with Gasteiger partial charge in [-0.2, -0.15) is 13.2 Å². The van der Waals surface area contributed by atoms with Crippen molar-refractivity contribution in [2.24, 2.45) is 0 Å². The number of piperidine rings is 1. The second kappa shape index (κ2) is 20.7. The minimum atomic E-state index is -4.89. The van der Waals surface area contributed by atoms with Crippen LogP contribution in [0, 0.1) is 0 Å². The number of carbonyl (C=O) groups is 4. The maximum Gasteiger partial charge on any atom is 0.471 e. The molecule has 62 heavy (non-hydrogen) atoms. The SMILES string of the molecule is CC(C)(C)OC(=O)N(CCc1ccc(O)c2c1OCC(=O)N2)CCN(C(=O)CCOCCc1cccc(CN2CCC3(CC2)CN(C(=O)C(F)(F)F)CCO3)c1)C1CCCCC1. The zero-order valence-electron chi connectivity index (χ0n) is 36.2. The highest BCUT2D eigenvalue weighted by molar-refractivity contribution is 5.97. The quantitative estimate of drug-likeness (QED) is 0.160. The smallest absolute Gasteiger partial charge is 0.471 e. The van der Waals surface area contributed by atoms with Crippen molar-refractivity contribution in [1.82, 2.24) is 19.6 Å². The zero-order valence-corrected chi connectivity index (χ0v) is 36.2. The lowest BCUT2D eigenvalue weighted by atomic mass is 9.89. The van der Waals surface area contributed by atoms with E-state index in [0.717, 1.165) is 48.1 Å². The van der Waals surface area contributed by atoms with Crippen LogP contribution in [-0.2, 0) is 48.0 Å². The molecular weight excluding hydrogens is 812 g/mol. The number of halogens is 3. The van der Waals surface area contributed by atoms with E-state index in [4.69, 9.17) is 18.9 Å². The molecule has 2 aromatic rings. The van der Waals surface area contributed by atoms with E-state index in [2.05, 4.69) is 16.3 Å². The number of alkyl halides is 3. The molecule has 6 rings (SSSR count). The maximum atomic E-state index is 13.9. The Balaban J connectivity index is 0.981. The third-order valence-corrected chi connectivity index (χ3v) is 12.0. The molecule has 3 heterocycles. The number of nitrogens with one attached hydrogen (secondary N) is 1. The second-order valence-electron chi connectivity index (χ2n) is 17.8. The molecule has 3 aliphatic heterocycles. The second-order valence-corrected chi connectivity index (χ2v) is 17.8. The zero-order chi connectivity index (χ0) is 44.5. The first-order valence-electron chi connectivity index (χ1n) is 21.9. The normalized spacial score (nSPS) is 18.4. The van der Waals surface area contributed by atoms with E-state index in [1.54, 1.807) is 31.7 Å². The van der Waals surface area contributed by atoms with Crippen LogP contribution in [0.5, 0.6) is 11.5 Å². The number of ether oxygens (including phenoxy) is 4. The highest BCUT2D eigenvalue weighted by atomic mass is 19.4. The lowest BCUT2D eigenvalue weighted by Crippen LogP contribution is -2.59. The molecule has 0 atom stereocenters. The molecule has 1 aliphatic carbocycles. The van der Waals surface area contributed by atoms with Crippen LogP contribution in [0.25, 0.3) is 0 Å². The molecule has 342 valence electrons. The molecule has 3 fully saturated rings. The summed E-state index contributed by atoms with van der Waals surface area (Å²) < 4.78 is 62.7. The molecule has 0 bridgehead atoms. The largest absolute Gasteiger partial charge is 0.506 e. The Kier molecular flexibility index (Phi) is 15.7. The van der Waals surface area contributed by atoms with Crippen molar-refractivity contribution in [2.45, 2.75) is 115 Å². The van der Waals surface area contributed by atoms with Crippen LogP contribution in [0.2, 0.25) is 0 Å². The standard InChI is InChI=1S/C45H62F3N5O9/c1-43(2,3)62-42(58)51(19-14-34-12-13-36(54)39-40(34)60-30-37(55)49-39)22-23-53(35-10-5-4-6-11-35)38(56)16-26-59-25-15-32-8-7-9-33(28-32)29-50-20-17-44(18-21-50)31-52(24-27-61-44)41(57)45(46,47)48/h7-9,12-13,28,35,54H,4-6,10-11,14-27,29-31H2,1-3H3,(H,49,55). The molecule has 0 radical (unpaired) electrons. The van der Waals surface area contributed by atoms with Crippen LogP contribution in [0.4, 0.5) is 23.7 Å². The number of hydrogen-bond donors (Lipinski definition) is 2. The molecule has 0 aromatic heterocycles. The van der Waals surface area contributed by atoms with Crippen molar-refractivity contribution >= 4 is 29.5 Å². The minimum Gasteiger partial charge on any atom is -0.506 e. The van der Waals surface area contributed by atoms with Gasteiger partial charge in [-0.3, -0.25) is 19.3 Å². The van der Waals surface area contributed by atoms with E-state index >= 15 is 0 Å². The Morgan fingerprint density at radius 2 is 1.69 bits per heavy atom. The van der Waals surface area contributed by atoms with Gasteiger partial charge < -0.3 is 44.1 Å². The third-order valence-electron chi connectivity index (χ3n) is 12.0. The maximum absolute atomic E-state index is 13.9. The molecule has 2 saturated heterocycles. The van der Waals surface area contributed by atoms with Gasteiger partial charge in [-0.15, -0.1) is 0 Å². The summed E-state index contributed by atoms with van der Waals surface area (Å²) in [5, 5.41) is 13.0. The predicted octanol–water partition coefficient (Wildman–Crippen LogP) is 6.07. The minimum absolute atomic E-state index is 0.0265. The van der Waals surface area contributed by atoms with Crippen molar-refractivity contribution < 1.29 is 56.4 Å². The number of anilines is 1. The topological polar surface area (TPSA) is 150 Å². The summed E-state index contributed by atoms with van der Waals surface area (Å²) in [6.07, 6.45) is 1.88. The highest BCUT2D eigenvalue weighted by Crippen LogP contribution is 2.39. The molecule has 4 amide bonds. The Morgan fingerprint density at radius 3 is 2.42 bits per heavy atom. The molecule has 2 aromatic carbocycles. The summed E-state index contributed by atoms with van der Waals surface area (Å²) in [6, 6.07) is 11.5. The fourth-order valence-corrected chi connectivity index (χ4v) is 8.78. The monoisotopic (exact) mass is 873 g/mol. The van der Waals surface area contributed by atoms with Crippen molar-refractivity contribution in [2.75, 3.05) is 77.6 Å². The van der Waals surface area contributed by atoms with Gasteiger partial charge in [0.2, 0.25) is 5.91 Å². The Bertz CT molecular complexity index is 1880. The number of likely N-dealkylation sites (tertiary alicyclic amines) is 1. The average molecular weight is 874 g/mol. The summed E-state index contributed by atoms with van der Waals surface area (Å²) >= 11 is 0. The van der Waals surface area contributed by atoms with Crippen LogP contribution >= 0.6 is 0 Å². The summed E-state index contributed by atoms with van der Waals surface area (Å²) in [5.74, 6) is -1.93. The molecule has 14 nitrogen and oxygen atoms in total. The van der Waals surface area contributed by atoms with Gasteiger partial charge in [-0.05, 0) is 82.1 Å². The van der Waals surface area contributed by atoms with Crippen LogP contribution in [0.1, 0.15) is 88.8 Å². The van der Waals surface area contributed by atoms with Gasteiger partial charge in [0.15, 0.2) is 12.4 Å². The number of phenolic OH excluding ortho intramolecular Hbond substituents is 1. The summed E-state index contributed by atoms with van der Waals surface area (Å²) in [7, 11) is 0. The van der Waals surface area contributed by atoms with E-state index in [0.29, 0.717) is 69.8 Å². The van der Waals surface area contributed by atoms with Gasteiger partial charge in [0.1, 0.15) is 17.0 Å². The molecule has 17 heteroatoms. The van der Waals surface area contributed by atoms with Crippen LogP contribution in [0.15, 0.2) is 36.4 Å². The van der Waals surface area contributed by atoms with E-state index in [1.165, 1.54) is 6.07 Å². The number of hydrogen-bond acceptors (Lipinski definition) is 10. The fourth-order valence-electron chi connectivity index (χ4n) is 8.78. The molecule has 4 aliphatic rings. The van der Waals surface area contributed by atoms with Crippen molar-refractivity contribution in [3.05, 3.63) is 53.1 Å². The average Bonchev–Trinajstić information content (AvgIpc) is 3.23. The lowest BCUT2D eigenvalue weighted by molar-refractivity contribution is -0.200. The van der Waals surface area contributed by atoms with Gasteiger partial charge in [0, 0.05) is 51.9 Å². The molecule has 1 saturated carbocycles. The van der Waals surface area contributed by atoms with Gasteiger partial charge in [0.25, 0.3) is 5.91 Å². The van der Waals surface area contributed by atoms with Gasteiger partial charge in [0.05, 0.1) is 38.4 Å². The first-order valence-corrected chi connectivity index (χ1v) is 21.9. The number of carbonyl (C=O) groups excluding carboxylic acids is 4. The number of amides is 4. The van der Waals surface area contributed by atoms with E-state index in [-0.39, 0.29) is 81.7 Å². The first kappa shape index (κ1) is 46.9. The molecule has 1 spiro atoms. The van der Waals surface area contributed by atoms with Crippen molar-refractivity contribution in [1.29, 1.82) is 0 Å². The fraction of sp³-hybridized carbons (Fsp3) is 0.644. The Morgan fingerprint density at radius 1 is 0.952 bits per heavy atom. The third kappa shape index (κ3) is 13.0. The van der Waals surface area contributed by atoms with Crippen LogP contribution in [-0.4, -0.2) is 144 Å². The van der Waals surface area contributed by atoms with Gasteiger partial charge in [-0.1, -0.05) is 49.6 Å². The number of aromatic hydroxyl groups is 1. The number of phenols is 1.